The highest BCUT2D eigenvalue weighted by atomic mass is 16.6. The highest BCUT2D eigenvalue weighted by Gasteiger charge is 2.13. The van der Waals surface area contributed by atoms with Gasteiger partial charge in [-0.25, -0.2) is 4.79 Å². The van der Waals surface area contributed by atoms with Gasteiger partial charge in [-0.2, -0.15) is 0 Å². The molecule has 0 saturated carbocycles. The van der Waals surface area contributed by atoms with E-state index < -0.39 is 16.7 Å². The van der Waals surface area contributed by atoms with Gasteiger partial charge in [-0.05, 0) is 36.4 Å². The number of allylic oxidation sites excluding steroid dienone is 1. The maximum Gasteiger partial charge on any atom is 0.337 e. The zero-order valence-corrected chi connectivity index (χ0v) is 13.6. The van der Waals surface area contributed by atoms with E-state index in [4.69, 9.17) is 4.74 Å². The third-order valence-electron chi connectivity index (χ3n) is 3.41. The van der Waals surface area contributed by atoms with Crippen LogP contribution in [0.3, 0.4) is 0 Å². The second-order valence-corrected chi connectivity index (χ2v) is 4.95. The smallest absolute Gasteiger partial charge is 0.337 e. The summed E-state index contributed by atoms with van der Waals surface area (Å²) in [4.78, 5) is 34.3. The molecular formula is C18H15NO6. The van der Waals surface area contributed by atoms with Crippen LogP contribution < -0.4 is 4.74 Å². The van der Waals surface area contributed by atoms with Crippen molar-refractivity contribution < 1.29 is 24.0 Å². The fourth-order valence-electron chi connectivity index (χ4n) is 2.14. The molecule has 2 aromatic rings. The van der Waals surface area contributed by atoms with Crippen LogP contribution in [0.4, 0.5) is 5.69 Å². The molecule has 0 spiro atoms. The lowest BCUT2D eigenvalue weighted by Gasteiger charge is -2.03. The van der Waals surface area contributed by atoms with Gasteiger partial charge in [0.05, 0.1) is 30.3 Å². The van der Waals surface area contributed by atoms with E-state index in [0.29, 0.717) is 5.75 Å². The Balaban J connectivity index is 2.32. The predicted octanol–water partition coefficient (Wildman–Crippen LogP) is 3.29. The Bertz CT molecular complexity index is 856. The molecule has 0 aliphatic rings. The van der Waals surface area contributed by atoms with Crippen molar-refractivity contribution in [2.45, 2.75) is 0 Å². The van der Waals surface area contributed by atoms with Gasteiger partial charge in [-0.3, -0.25) is 14.9 Å². The van der Waals surface area contributed by atoms with Crippen molar-refractivity contribution in [3.05, 3.63) is 75.3 Å². The number of esters is 1. The Morgan fingerprint density at radius 1 is 1.08 bits per heavy atom. The van der Waals surface area contributed by atoms with Gasteiger partial charge in [0.15, 0.2) is 5.78 Å². The van der Waals surface area contributed by atoms with Crippen molar-refractivity contribution in [1.29, 1.82) is 0 Å². The molecule has 7 heteroatoms. The first-order valence-electron chi connectivity index (χ1n) is 7.19. The molecule has 0 atom stereocenters. The molecule has 0 bridgehead atoms. The number of ketones is 1. The molecule has 0 radical (unpaired) electrons. The van der Waals surface area contributed by atoms with E-state index in [9.17, 15) is 19.7 Å². The lowest BCUT2D eigenvalue weighted by molar-refractivity contribution is -0.385. The van der Waals surface area contributed by atoms with E-state index in [0.717, 1.165) is 0 Å². The van der Waals surface area contributed by atoms with E-state index >= 15 is 0 Å². The molecule has 7 nitrogen and oxygen atoms in total. The minimum absolute atomic E-state index is 0.145. The zero-order valence-electron chi connectivity index (χ0n) is 13.6. The summed E-state index contributed by atoms with van der Waals surface area (Å²) < 4.78 is 9.65. The van der Waals surface area contributed by atoms with Crippen LogP contribution in [-0.2, 0) is 4.74 Å². The minimum Gasteiger partial charge on any atom is -0.497 e. The molecule has 0 heterocycles. The lowest BCUT2D eigenvalue weighted by atomic mass is 10.1. The second kappa shape index (κ2) is 7.87. The maximum atomic E-state index is 12.3. The van der Waals surface area contributed by atoms with E-state index in [-0.39, 0.29) is 22.4 Å². The summed E-state index contributed by atoms with van der Waals surface area (Å²) in [5.41, 5.74) is 0.605. The molecule has 25 heavy (non-hydrogen) atoms. The molecule has 0 aromatic heterocycles. The summed E-state index contributed by atoms with van der Waals surface area (Å²) in [6, 6.07) is 10.3. The number of nitro benzene ring substituents is 1. The van der Waals surface area contributed by atoms with Gasteiger partial charge in [0, 0.05) is 11.6 Å². The molecule has 0 unspecified atom stereocenters. The molecular weight excluding hydrogens is 326 g/mol. The van der Waals surface area contributed by atoms with Gasteiger partial charge >= 0.3 is 5.97 Å². The number of hydrogen-bond donors (Lipinski definition) is 0. The van der Waals surface area contributed by atoms with Crippen molar-refractivity contribution in [2.75, 3.05) is 14.2 Å². The first-order valence-corrected chi connectivity index (χ1v) is 7.19. The topological polar surface area (TPSA) is 95.7 Å². The van der Waals surface area contributed by atoms with Gasteiger partial charge in [0.1, 0.15) is 5.75 Å². The van der Waals surface area contributed by atoms with Crippen molar-refractivity contribution in [3.8, 4) is 5.75 Å². The molecule has 0 fully saturated rings. The summed E-state index contributed by atoms with van der Waals surface area (Å²) in [5.74, 6) is -0.518. The Hall–Kier alpha value is -3.48. The molecule has 0 amide bonds. The first kappa shape index (κ1) is 17.9. The largest absolute Gasteiger partial charge is 0.497 e. The Morgan fingerprint density at radius 3 is 2.44 bits per heavy atom. The average molecular weight is 341 g/mol. The SMILES string of the molecule is COC(=O)c1cccc(C(=O)/C=C\c2cc(OC)ccc2[N+](=O)[O-])c1. The van der Waals surface area contributed by atoms with Crippen LogP contribution in [0.2, 0.25) is 0 Å². The highest BCUT2D eigenvalue weighted by Crippen LogP contribution is 2.25. The molecule has 0 saturated heterocycles. The number of hydrogen-bond acceptors (Lipinski definition) is 6. The van der Waals surface area contributed by atoms with Crippen LogP contribution in [0.25, 0.3) is 6.08 Å². The van der Waals surface area contributed by atoms with Gasteiger partial charge in [0.2, 0.25) is 0 Å². The minimum atomic E-state index is -0.554. The van der Waals surface area contributed by atoms with Crippen molar-refractivity contribution in [1.82, 2.24) is 0 Å². The van der Waals surface area contributed by atoms with Crippen LogP contribution in [0, 0.1) is 10.1 Å². The van der Waals surface area contributed by atoms with Gasteiger partial charge in [-0.1, -0.05) is 12.1 Å². The summed E-state index contributed by atoms with van der Waals surface area (Å²) in [6.45, 7) is 0. The second-order valence-electron chi connectivity index (χ2n) is 4.95. The quantitative estimate of drug-likeness (QED) is 0.263. The van der Waals surface area contributed by atoms with Crippen LogP contribution >= 0.6 is 0 Å². The normalized spacial score (nSPS) is 10.5. The van der Waals surface area contributed by atoms with E-state index in [1.165, 1.54) is 56.7 Å². The summed E-state index contributed by atoms with van der Waals surface area (Å²) in [5, 5.41) is 11.1. The highest BCUT2D eigenvalue weighted by molar-refractivity contribution is 6.08. The third kappa shape index (κ3) is 4.29. The van der Waals surface area contributed by atoms with E-state index in [1.807, 2.05) is 0 Å². The van der Waals surface area contributed by atoms with Crippen LogP contribution in [-0.4, -0.2) is 30.9 Å². The number of benzene rings is 2. The summed E-state index contributed by atoms with van der Waals surface area (Å²) >= 11 is 0. The van der Waals surface area contributed by atoms with Crippen LogP contribution in [0.1, 0.15) is 26.3 Å². The Kier molecular flexibility index (Phi) is 5.62. The molecule has 0 N–H and O–H groups in total. The van der Waals surface area contributed by atoms with Crippen molar-refractivity contribution in [3.63, 3.8) is 0 Å². The summed E-state index contributed by atoms with van der Waals surface area (Å²) in [6.07, 6.45) is 2.55. The van der Waals surface area contributed by atoms with Gasteiger partial charge < -0.3 is 9.47 Å². The number of carbonyl (C=O) groups is 2. The van der Waals surface area contributed by atoms with Crippen LogP contribution in [0.5, 0.6) is 5.75 Å². The fourth-order valence-corrected chi connectivity index (χ4v) is 2.14. The van der Waals surface area contributed by atoms with Gasteiger partial charge in [0.25, 0.3) is 5.69 Å². The molecule has 0 aliphatic heterocycles. The number of methoxy groups -OCH3 is 2. The Labute approximate surface area is 143 Å². The lowest BCUT2D eigenvalue weighted by Crippen LogP contribution is -2.03. The number of ether oxygens (including phenoxy) is 2. The monoisotopic (exact) mass is 341 g/mol. The average Bonchev–Trinajstić information content (AvgIpc) is 2.64. The maximum absolute atomic E-state index is 12.3. The summed E-state index contributed by atoms with van der Waals surface area (Å²) in [7, 11) is 2.69. The number of nitrogens with zero attached hydrogens (tertiary/aromatic N) is 1. The number of nitro groups is 1. The van der Waals surface area contributed by atoms with Crippen LogP contribution in [0.15, 0.2) is 48.5 Å². The zero-order chi connectivity index (χ0) is 18.4. The standard InChI is InChI=1S/C18H15NO6/c1-24-15-7-8-16(19(22)23)12(11-15)6-9-17(20)13-4-3-5-14(10-13)18(21)25-2/h3-11H,1-2H3/b9-6-. The van der Waals surface area contributed by atoms with Crippen molar-refractivity contribution >= 4 is 23.5 Å². The molecule has 2 rings (SSSR count). The molecule has 0 aliphatic carbocycles. The predicted molar refractivity (Wildman–Crippen MR) is 90.8 cm³/mol. The first-order chi connectivity index (χ1) is 12.0. The van der Waals surface area contributed by atoms with Crippen molar-refractivity contribution in [2.24, 2.45) is 0 Å². The van der Waals surface area contributed by atoms with E-state index in [1.54, 1.807) is 12.1 Å². The molecule has 2 aromatic carbocycles. The van der Waals surface area contributed by atoms with E-state index in [2.05, 4.69) is 4.74 Å². The Morgan fingerprint density at radius 2 is 1.80 bits per heavy atom. The third-order valence-corrected chi connectivity index (χ3v) is 3.41. The number of carbonyl (C=O) groups excluding carboxylic acids is 2. The molecule has 128 valence electrons. The number of rotatable bonds is 6. The fraction of sp³-hybridized carbons (Fsp3) is 0.111. The van der Waals surface area contributed by atoms with Gasteiger partial charge in [-0.15, -0.1) is 0 Å².